The fourth-order valence-corrected chi connectivity index (χ4v) is 3.39. The number of para-hydroxylation sites is 1. The number of nitrogens with one attached hydrogen (secondary N) is 1. The maximum absolute atomic E-state index is 13.4. The van der Waals surface area contributed by atoms with Crippen LogP contribution in [0.5, 0.6) is 0 Å². The van der Waals surface area contributed by atoms with Crippen molar-refractivity contribution in [3.8, 4) is 16.9 Å². The lowest BCUT2D eigenvalue weighted by atomic mass is 10.1. The first-order chi connectivity index (χ1) is 16.4. The predicted molar refractivity (Wildman–Crippen MR) is 116 cm³/mol. The van der Waals surface area contributed by atoms with Crippen molar-refractivity contribution < 1.29 is 31.1 Å². The number of halogens is 7. The molecule has 0 aliphatic carbocycles. The molecule has 2 aromatic heterocycles. The molecule has 0 aliphatic rings. The molecule has 1 N–H and O–H groups in total. The van der Waals surface area contributed by atoms with Crippen molar-refractivity contribution in [2.75, 3.05) is 5.32 Å². The smallest absolute Gasteiger partial charge is 0.307 e. The summed E-state index contributed by atoms with van der Waals surface area (Å²) in [5.74, 6) is -1.06. The molecule has 4 rings (SSSR count). The van der Waals surface area contributed by atoms with Crippen LogP contribution in [0, 0.1) is 0 Å². The van der Waals surface area contributed by atoms with Gasteiger partial charge in [0.1, 0.15) is 11.5 Å². The van der Waals surface area contributed by atoms with Gasteiger partial charge in [-0.15, -0.1) is 0 Å². The van der Waals surface area contributed by atoms with Crippen LogP contribution in [0.4, 0.5) is 32.2 Å². The van der Waals surface area contributed by atoms with Gasteiger partial charge in [-0.1, -0.05) is 41.9 Å². The first kappa shape index (κ1) is 24.3. The maximum Gasteiger partial charge on any atom is 0.435 e. The van der Waals surface area contributed by atoms with Gasteiger partial charge in [-0.3, -0.25) is 4.79 Å². The summed E-state index contributed by atoms with van der Waals surface area (Å²) in [7, 11) is 0. The van der Waals surface area contributed by atoms with E-state index in [-0.39, 0.29) is 27.8 Å². The molecule has 0 spiro atoms. The number of carbonyl (C=O) groups is 1. The molecule has 0 saturated heterocycles. The zero-order valence-electron chi connectivity index (χ0n) is 17.3. The van der Waals surface area contributed by atoms with Gasteiger partial charge >= 0.3 is 12.4 Å². The standard InChI is InChI=1S/C23H13ClF6N4O/c24-15-4-1-2-5-16(15)34-17(12-19(33-34)23(28,29)30)13-8-10-14(11-9-13)21(35)32-20-7-3-6-18(31-20)22(25,26)27/h1-12H,(H,31,32,35). The van der Waals surface area contributed by atoms with Crippen LogP contribution >= 0.6 is 11.6 Å². The molecule has 0 unspecified atom stereocenters. The van der Waals surface area contributed by atoms with Gasteiger partial charge in [0.15, 0.2) is 5.69 Å². The molecule has 180 valence electrons. The van der Waals surface area contributed by atoms with Gasteiger partial charge < -0.3 is 5.32 Å². The molecule has 5 nitrogen and oxygen atoms in total. The van der Waals surface area contributed by atoms with Crippen molar-refractivity contribution >= 4 is 23.3 Å². The normalized spacial score (nSPS) is 12.0. The van der Waals surface area contributed by atoms with Gasteiger partial charge in [0.2, 0.25) is 0 Å². The Balaban J connectivity index is 1.65. The number of pyridine rings is 1. The molecule has 0 aliphatic heterocycles. The van der Waals surface area contributed by atoms with Crippen molar-refractivity contribution in [1.82, 2.24) is 14.8 Å². The Bertz CT molecular complexity index is 1380. The Morgan fingerprint density at radius 2 is 1.49 bits per heavy atom. The zero-order valence-corrected chi connectivity index (χ0v) is 18.1. The topological polar surface area (TPSA) is 59.8 Å². The Morgan fingerprint density at radius 1 is 0.829 bits per heavy atom. The van der Waals surface area contributed by atoms with E-state index in [1.54, 1.807) is 12.1 Å². The minimum Gasteiger partial charge on any atom is -0.307 e. The molecule has 0 fully saturated rings. The van der Waals surface area contributed by atoms with Gasteiger partial charge in [0, 0.05) is 11.1 Å². The Morgan fingerprint density at radius 3 is 2.11 bits per heavy atom. The molecular formula is C23H13ClF6N4O. The quantitative estimate of drug-likeness (QED) is 0.305. The average molecular weight is 511 g/mol. The summed E-state index contributed by atoms with van der Waals surface area (Å²) in [4.78, 5) is 15.8. The number of hydrogen-bond donors (Lipinski definition) is 1. The molecular weight excluding hydrogens is 498 g/mol. The third kappa shape index (κ3) is 5.29. The highest BCUT2D eigenvalue weighted by Crippen LogP contribution is 2.35. The number of aromatic nitrogens is 3. The number of alkyl halides is 6. The lowest BCUT2D eigenvalue weighted by molar-refractivity contribution is -0.142. The van der Waals surface area contributed by atoms with Gasteiger partial charge in [-0.2, -0.15) is 31.4 Å². The van der Waals surface area contributed by atoms with Gasteiger partial charge in [0.05, 0.1) is 16.4 Å². The SMILES string of the molecule is O=C(Nc1cccc(C(F)(F)F)n1)c1ccc(-c2cc(C(F)(F)F)nn2-c2ccccc2Cl)cc1. The summed E-state index contributed by atoms with van der Waals surface area (Å²) in [6.45, 7) is 0. The number of rotatable bonds is 4. The summed E-state index contributed by atoms with van der Waals surface area (Å²) in [5.41, 5.74) is -1.67. The predicted octanol–water partition coefficient (Wildman–Crippen LogP) is 6.88. The highest BCUT2D eigenvalue weighted by Gasteiger charge is 2.35. The molecule has 1 amide bonds. The summed E-state index contributed by atoms with van der Waals surface area (Å²) in [6.07, 6.45) is -9.39. The van der Waals surface area contributed by atoms with Gasteiger partial charge in [-0.25, -0.2) is 9.67 Å². The summed E-state index contributed by atoms with van der Waals surface area (Å²) in [5, 5.41) is 6.10. The molecule has 0 bridgehead atoms. The molecule has 2 heterocycles. The second kappa shape index (κ2) is 9.06. The third-order valence-electron chi connectivity index (χ3n) is 4.80. The van der Waals surface area contributed by atoms with E-state index in [0.29, 0.717) is 5.56 Å². The maximum atomic E-state index is 13.4. The van der Waals surface area contributed by atoms with Crippen LogP contribution < -0.4 is 5.32 Å². The summed E-state index contributed by atoms with van der Waals surface area (Å²) >= 11 is 6.15. The largest absolute Gasteiger partial charge is 0.435 e. The van der Waals surface area contributed by atoms with E-state index in [1.807, 2.05) is 0 Å². The first-order valence-electron chi connectivity index (χ1n) is 9.82. The van der Waals surface area contributed by atoms with E-state index in [9.17, 15) is 31.1 Å². The van der Waals surface area contributed by atoms with Gasteiger partial charge in [0.25, 0.3) is 5.91 Å². The zero-order chi connectivity index (χ0) is 25.4. The summed E-state index contributed by atoms with van der Waals surface area (Å²) in [6, 6.07) is 15.5. The van der Waals surface area contributed by atoms with E-state index in [0.717, 1.165) is 22.9 Å². The fraction of sp³-hybridized carbons (Fsp3) is 0.0870. The second-order valence-electron chi connectivity index (χ2n) is 7.21. The highest BCUT2D eigenvalue weighted by molar-refractivity contribution is 6.32. The lowest BCUT2D eigenvalue weighted by Gasteiger charge is -2.11. The average Bonchev–Trinajstić information content (AvgIpc) is 3.25. The van der Waals surface area contributed by atoms with Gasteiger partial charge in [-0.05, 0) is 42.5 Å². The Hall–Kier alpha value is -3.86. The lowest BCUT2D eigenvalue weighted by Crippen LogP contribution is -2.15. The molecule has 2 aromatic carbocycles. The van der Waals surface area contributed by atoms with Crippen LogP contribution in [0.3, 0.4) is 0 Å². The number of nitrogens with zero attached hydrogens (tertiary/aromatic N) is 3. The van der Waals surface area contributed by atoms with Crippen molar-refractivity contribution in [1.29, 1.82) is 0 Å². The van der Waals surface area contributed by atoms with E-state index in [4.69, 9.17) is 11.6 Å². The van der Waals surface area contributed by atoms with E-state index >= 15 is 0 Å². The number of amides is 1. The third-order valence-corrected chi connectivity index (χ3v) is 5.12. The van der Waals surface area contributed by atoms with Crippen LogP contribution in [0.1, 0.15) is 21.7 Å². The van der Waals surface area contributed by atoms with Crippen molar-refractivity contribution in [2.24, 2.45) is 0 Å². The van der Waals surface area contributed by atoms with Crippen molar-refractivity contribution in [3.63, 3.8) is 0 Å². The minimum atomic E-state index is -4.71. The molecule has 0 saturated carbocycles. The number of anilines is 1. The van der Waals surface area contributed by atoms with Crippen LogP contribution in [0.15, 0.2) is 72.8 Å². The minimum absolute atomic E-state index is 0.0489. The van der Waals surface area contributed by atoms with Crippen molar-refractivity contribution in [2.45, 2.75) is 12.4 Å². The van der Waals surface area contributed by atoms with Crippen LogP contribution in [-0.2, 0) is 12.4 Å². The molecule has 35 heavy (non-hydrogen) atoms. The van der Waals surface area contributed by atoms with Crippen LogP contribution in [-0.4, -0.2) is 20.7 Å². The Kier molecular flexibility index (Phi) is 6.28. The monoisotopic (exact) mass is 510 g/mol. The van der Waals surface area contributed by atoms with Crippen molar-refractivity contribution in [3.05, 3.63) is 94.8 Å². The Labute approximate surface area is 199 Å². The van der Waals surface area contributed by atoms with Crippen LogP contribution in [0.25, 0.3) is 16.9 Å². The molecule has 0 atom stereocenters. The van der Waals surface area contributed by atoms with E-state index in [1.165, 1.54) is 42.5 Å². The number of carbonyl (C=O) groups excluding carboxylic acids is 1. The molecule has 0 radical (unpaired) electrons. The first-order valence-corrected chi connectivity index (χ1v) is 10.2. The summed E-state index contributed by atoms with van der Waals surface area (Å²) < 4.78 is 79.6. The van der Waals surface area contributed by atoms with E-state index < -0.39 is 29.6 Å². The second-order valence-corrected chi connectivity index (χ2v) is 7.62. The van der Waals surface area contributed by atoms with Crippen LogP contribution in [0.2, 0.25) is 5.02 Å². The highest BCUT2D eigenvalue weighted by atomic mass is 35.5. The number of hydrogen-bond acceptors (Lipinski definition) is 3. The fourth-order valence-electron chi connectivity index (χ4n) is 3.18. The molecule has 12 heteroatoms. The van der Waals surface area contributed by atoms with E-state index in [2.05, 4.69) is 15.4 Å². The number of benzene rings is 2. The molecule has 4 aromatic rings.